The Morgan fingerprint density at radius 3 is 2.55 bits per heavy atom. The molecule has 0 spiro atoms. The van der Waals surface area contributed by atoms with Crippen molar-refractivity contribution >= 4 is 5.97 Å². The normalized spacial score (nSPS) is 23.1. The third-order valence-corrected chi connectivity index (χ3v) is 4.86. The summed E-state index contributed by atoms with van der Waals surface area (Å²) in [7, 11) is 0. The van der Waals surface area contributed by atoms with Gasteiger partial charge in [-0.15, -0.1) is 0 Å². The quantitative estimate of drug-likeness (QED) is 0.766. The minimum Gasteiger partial charge on any atom is -0.481 e. The average molecular weight is 303 g/mol. The molecule has 3 heteroatoms. The average Bonchev–Trinajstić information content (AvgIpc) is 2.52. The molecule has 0 aliphatic heterocycles. The third-order valence-electron chi connectivity index (χ3n) is 4.86. The van der Waals surface area contributed by atoms with Gasteiger partial charge in [0.1, 0.15) is 0 Å². The molecule has 122 valence electrons. The van der Waals surface area contributed by atoms with Crippen LogP contribution >= 0.6 is 0 Å². The van der Waals surface area contributed by atoms with E-state index in [4.69, 9.17) is 5.11 Å². The highest BCUT2D eigenvalue weighted by Crippen LogP contribution is 2.27. The maximum absolute atomic E-state index is 10.9. The van der Waals surface area contributed by atoms with Gasteiger partial charge in [-0.1, -0.05) is 50.1 Å². The van der Waals surface area contributed by atoms with Crippen LogP contribution in [0, 0.1) is 11.8 Å². The topological polar surface area (TPSA) is 49.3 Å². The largest absolute Gasteiger partial charge is 0.481 e. The van der Waals surface area contributed by atoms with Gasteiger partial charge in [0.15, 0.2) is 0 Å². The first kappa shape index (κ1) is 17.0. The summed E-state index contributed by atoms with van der Waals surface area (Å²) in [5.41, 5.74) is 1.28. The van der Waals surface area contributed by atoms with E-state index in [1.54, 1.807) is 0 Å². The first-order chi connectivity index (χ1) is 10.6. The lowest BCUT2D eigenvalue weighted by atomic mass is 9.83. The van der Waals surface area contributed by atoms with E-state index in [0.29, 0.717) is 6.42 Å². The molecule has 0 heterocycles. The highest BCUT2D eigenvalue weighted by Gasteiger charge is 2.19. The van der Waals surface area contributed by atoms with Gasteiger partial charge in [0.25, 0.3) is 0 Å². The molecule has 2 rings (SSSR count). The van der Waals surface area contributed by atoms with Crippen LogP contribution in [-0.4, -0.2) is 23.7 Å². The Morgan fingerprint density at radius 1 is 1.23 bits per heavy atom. The number of aliphatic carboxylic acids is 1. The smallest absolute Gasteiger partial charge is 0.303 e. The molecule has 0 saturated heterocycles. The van der Waals surface area contributed by atoms with Gasteiger partial charge in [-0.05, 0) is 49.6 Å². The molecule has 1 aliphatic rings. The predicted octanol–water partition coefficient (Wildman–Crippen LogP) is 3.88. The van der Waals surface area contributed by atoms with Crippen molar-refractivity contribution in [3.05, 3.63) is 35.9 Å². The van der Waals surface area contributed by atoms with Gasteiger partial charge >= 0.3 is 5.97 Å². The Bertz CT molecular complexity index is 438. The number of hydrogen-bond acceptors (Lipinski definition) is 2. The summed E-state index contributed by atoms with van der Waals surface area (Å²) in [4.78, 5) is 10.9. The summed E-state index contributed by atoms with van der Waals surface area (Å²) in [6.07, 6.45) is 7.16. The van der Waals surface area contributed by atoms with E-state index < -0.39 is 5.97 Å². The van der Waals surface area contributed by atoms with Crippen molar-refractivity contribution in [2.24, 2.45) is 11.8 Å². The molecule has 0 bridgehead atoms. The second-order valence-electron chi connectivity index (χ2n) is 6.85. The van der Waals surface area contributed by atoms with E-state index in [9.17, 15) is 4.79 Å². The van der Waals surface area contributed by atoms with Crippen LogP contribution in [0.1, 0.15) is 51.0 Å². The predicted molar refractivity (Wildman–Crippen MR) is 89.9 cm³/mol. The van der Waals surface area contributed by atoms with E-state index in [1.165, 1.54) is 31.2 Å². The zero-order valence-electron chi connectivity index (χ0n) is 13.6. The lowest BCUT2D eigenvalue weighted by molar-refractivity contribution is -0.137. The van der Waals surface area contributed by atoms with Crippen LogP contribution < -0.4 is 5.32 Å². The van der Waals surface area contributed by atoms with E-state index >= 15 is 0 Å². The molecule has 0 radical (unpaired) electrons. The van der Waals surface area contributed by atoms with Crippen molar-refractivity contribution in [1.29, 1.82) is 0 Å². The van der Waals surface area contributed by atoms with Gasteiger partial charge in [0, 0.05) is 12.5 Å². The maximum Gasteiger partial charge on any atom is 0.303 e. The summed E-state index contributed by atoms with van der Waals surface area (Å²) < 4.78 is 0. The summed E-state index contributed by atoms with van der Waals surface area (Å²) in [6.45, 7) is 3.37. The molecule has 2 N–H and O–H groups in total. The second-order valence-corrected chi connectivity index (χ2v) is 6.85. The lowest BCUT2D eigenvalue weighted by Crippen LogP contribution is -2.36. The van der Waals surface area contributed by atoms with Crippen molar-refractivity contribution in [2.45, 2.75) is 57.9 Å². The molecule has 0 aromatic heterocycles. The Kier molecular flexibility index (Phi) is 6.91. The summed E-state index contributed by atoms with van der Waals surface area (Å²) in [5.74, 6) is 0.939. The van der Waals surface area contributed by atoms with E-state index in [-0.39, 0.29) is 12.5 Å². The van der Waals surface area contributed by atoms with Gasteiger partial charge in [0.05, 0.1) is 0 Å². The molecule has 1 aromatic rings. The number of carboxylic acids is 1. The molecular weight excluding hydrogens is 274 g/mol. The van der Waals surface area contributed by atoms with Crippen LogP contribution in [0.15, 0.2) is 30.3 Å². The number of carbonyl (C=O) groups is 1. The van der Waals surface area contributed by atoms with Crippen molar-refractivity contribution in [2.75, 3.05) is 6.54 Å². The third kappa shape index (κ3) is 6.18. The SMILES string of the molecule is CC1CCC(CNC(CCC(=O)O)Cc2ccccc2)CC1. The number of carboxylic acid groups (broad SMARTS) is 1. The van der Waals surface area contributed by atoms with Crippen molar-refractivity contribution < 1.29 is 9.90 Å². The monoisotopic (exact) mass is 303 g/mol. The first-order valence-electron chi connectivity index (χ1n) is 8.62. The molecule has 1 aliphatic carbocycles. The minimum absolute atomic E-state index is 0.242. The summed E-state index contributed by atoms with van der Waals surface area (Å²) >= 11 is 0. The molecule has 1 unspecified atom stereocenters. The van der Waals surface area contributed by atoms with Crippen LogP contribution in [-0.2, 0) is 11.2 Å². The van der Waals surface area contributed by atoms with Crippen LogP contribution in [0.2, 0.25) is 0 Å². The Labute approximate surface area is 134 Å². The Balaban J connectivity index is 1.82. The van der Waals surface area contributed by atoms with Gasteiger partial charge in [-0.25, -0.2) is 0 Å². The van der Waals surface area contributed by atoms with Crippen LogP contribution in [0.25, 0.3) is 0 Å². The highest BCUT2D eigenvalue weighted by atomic mass is 16.4. The lowest BCUT2D eigenvalue weighted by Gasteiger charge is -2.28. The standard InChI is InChI=1S/C19H29NO2/c1-15-7-9-17(10-8-15)14-20-18(11-12-19(21)22)13-16-5-3-2-4-6-16/h2-6,15,17-18,20H,7-14H2,1H3,(H,21,22). The van der Waals surface area contributed by atoms with Crippen LogP contribution in [0.4, 0.5) is 0 Å². The number of hydrogen-bond donors (Lipinski definition) is 2. The summed E-state index contributed by atoms with van der Waals surface area (Å²) in [6, 6.07) is 10.6. The first-order valence-corrected chi connectivity index (χ1v) is 8.62. The van der Waals surface area contributed by atoms with E-state index in [2.05, 4.69) is 24.4 Å². The zero-order valence-corrected chi connectivity index (χ0v) is 13.6. The fraction of sp³-hybridized carbons (Fsp3) is 0.632. The highest BCUT2D eigenvalue weighted by molar-refractivity contribution is 5.66. The van der Waals surface area contributed by atoms with Gasteiger partial charge in [0.2, 0.25) is 0 Å². The Hall–Kier alpha value is -1.35. The second kappa shape index (κ2) is 8.94. The molecule has 0 amide bonds. The van der Waals surface area contributed by atoms with E-state index in [0.717, 1.165) is 24.8 Å². The molecule has 1 aromatic carbocycles. The fourth-order valence-corrected chi connectivity index (χ4v) is 3.34. The minimum atomic E-state index is -0.702. The van der Waals surface area contributed by atoms with Crippen molar-refractivity contribution in [3.63, 3.8) is 0 Å². The van der Waals surface area contributed by atoms with Gasteiger partial charge in [-0.3, -0.25) is 4.79 Å². The number of rotatable bonds is 8. The molecule has 1 atom stereocenters. The Morgan fingerprint density at radius 2 is 1.91 bits per heavy atom. The zero-order chi connectivity index (χ0) is 15.8. The van der Waals surface area contributed by atoms with Crippen molar-refractivity contribution in [1.82, 2.24) is 5.32 Å². The maximum atomic E-state index is 10.9. The molecule has 22 heavy (non-hydrogen) atoms. The van der Waals surface area contributed by atoms with Gasteiger partial charge in [-0.2, -0.15) is 0 Å². The fourth-order valence-electron chi connectivity index (χ4n) is 3.34. The van der Waals surface area contributed by atoms with Crippen LogP contribution in [0.5, 0.6) is 0 Å². The molecule has 3 nitrogen and oxygen atoms in total. The molecular formula is C19H29NO2. The van der Waals surface area contributed by atoms with Crippen LogP contribution in [0.3, 0.4) is 0 Å². The van der Waals surface area contributed by atoms with Gasteiger partial charge < -0.3 is 10.4 Å². The van der Waals surface area contributed by atoms with E-state index in [1.807, 2.05) is 18.2 Å². The van der Waals surface area contributed by atoms with Crippen molar-refractivity contribution in [3.8, 4) is 0 Å². The number of benzene rings is 1. The number of nitrogens with one attached hydrogen (secondary N) is 1. The summed E-state index contributed by atoms with van der Waals surface area (Å²) in [5, 5.41) is 12.6. The molecule has 1 saturated carbocycles. The molecule has 1 fully saturated rings.